The van der Waals surface area contributed by atoms with Crippen LogP contribution in [-0.2, 0) is 14.3 Å². The van der Waals surface area contributed by atoms with Crippen molar-refractivity contribution >= 4 is 11.8 Å². The van der Waals surface area contributed by atoms with E-state index in [0.717, 1.165) is 5.70 Å². The van der Waals surface area contributed by atoms with Crippen molar-refractivity contribution in [2.75, 3.05) is 13.2 Å². The Morgan fingerprint density at radius 3 is 2.48 bits per heavy atom. The summed E-state index contributed by atoms with van der Waals surface area (Å²) in [6.45, 7) is 6.04. The van der Waals surface area contributed by atoms with Gasteiger partial charge in [-0.3, -0.25) is 4.79 Å². The second-order valence-electron chi connectivity index (χ2n) is 9.25. The largest absolute Gasteiger partial charge is 0.490 e. The number of Topliss-reactive ketones (excluding diaryl/α,β-unsaturated/α-hetero) is 1. The predicted octanol–water partition coefficient (Wildman–Crippen LogP) is 5.05. The van der Waals surface area contributed by atoms with Gasteiger partial charge in [-0.15, -0.1) is 0 Å². The summed E-state index contributed by atoms with van der Waals surface area (Å²) in [7, 11) is 0. The second kappa shape index (κ2) is 9.22. The van der Waals surface area contributed by atoms with E-state index in [-0.39, 0.29) is 30.0 Å². The summed E-state index contributed by atoms with van der Waals surface area (Å²) in [5.41, 5.74) is 2.12. The van der Waals surface area contributed by atoms with Crippen LogP contribution in [0.2, 0.25) is 0 Å². The fraction of sp³-hybridized carbons (Fsp3) is 0.333. The third kappa shape index (κ3) is 4.85. The van der Waals surface area contributed by atoms with Crippen LogP contribution in [0.5, 0.6) is 5.75 Å². The van der Waals surface area contributed by atoms with Crippen LogP contribution in [0, 0.1) is 11.2 Å². The lowest BCUT2D eigenvalue weighted by atomic mass is 9.68. The number of carbonyl (C=O) groups is 2. The number of benzene rings is 2. The van der Waals surface area contributed by atoms with Gasteiger partial charge in [-0.25, -0.2) is 9.18 Å². The monoisotopic (exact) mass is 449 g/mol. The highest BCUT2D eigenvalue weighted by Crippen LogP contribution is 2.47. The van der Waals surface area contributed by atoms with Gasteiger partial charge in [0, 0.05) is 29.0 Å². The Labute approximate surface area is 193 Å². The number of hydrogen-bond donors (Lipinski definition) is 1. The Morgan fingerprint density at radius 1 is 1.06 bits per heavy atom. The molecule has 172 valence electrons. The van der Waals surface area contributed by atoms with Crippen molar-refractivity contribution in [3.8, 4) is 5.75 Å². The highest BCUT2D eigenvalue weighted by molar-refractivity contribution is 6.04. The normalized spacial score (nSPS) is 19.6. The number of nitrogens with one attached hydrogen (secondary N) is 1. The fourth-order valence-corrected chi connectivity index (χ4v) is 4.62. The van der Waals surface area contributed by atoms with Crippen LogP contribution in [0.15, 0.2) is 77.1 Å². The number of hydrogen-bond acceptors (Lipinski definition) is 5. The fourth-order valence-electron chi connectivity index (χ4n) is 4.62. The molecule has 1 aliphatic heterocycles. The molecule has 5 nitrogen and oxygen atoms in total. The molecule has 0 fully saturated rings. The lowest BCUT2D eigenvalue weighted by Gasteiger charge is -2.39. The van der Waals surface area contributed by atoms with Crippen molar-refractivity contribution in [1.82, 2.24) is 5.32 Å². The van der Waals surface area contributed by atoms with Crippen LogP contribution in [0.4, 0.5) is 4.39 Å². The van der Waals surface area contributed by atoms with Gasteiger partial charge >= 0.3 is 5.97 Å². The smallest absolute Gasteiger partial charge is 0.336 e. The first-order valence-electron chi connectivity index (χ1n) is 11.1. The average Bonchev–Trinajstić information content (AvgIpc) is 2.76. The maximum atomic E-state index is 14.9. The number of halogens is 1. The number of esters is 1. The molecule has 0 saturated heterocycles. The van der Waals surface area contributed by atoms with E-state index in [4.69, 9.17) is 9.47 Å². The van der Waals surface area contributed by atoms with Crippen molar-refractivity contribution < 1.29 is 23.5 Å². The van der Waals surface area contributed by atoms with Gasteiger partial charge in [0.05, 0.1) is 11.5 Å². The summed E-state index contributed by atoms with van der Waals surface area (Å²) in [4.78, 5) is 26.4. The molecule has 0 aromatic heterocycles. The molecule has 0 unspecified atom stereocenters. The van der Waals surface area contributed by atoms with E-state index in [1.54, 1.807) is 25.1 Å². The van der Waals surface area contributed by atoms with Crippen LogP contribution >= 0.6 is 0 Å². The maximum Gasteiger partial charge on any atom is 0.336 e. The van der Waals surface area contributed by atoms with Crippen LogP contribution in [0.1, 0.15) is 45.1 Å². The minimum Gasteiger partial charge on any atom is -0.490 e. The molecule has 0 spiro atoms. The number of dihydropyridines is 1. The minimum absolute atomic E-state index is 0.0291. The molecular formula is C27H28FNO4. The third-order valence-electron chi connectivity index (χ3n) is 6.00. The molecule has 2 aromatic rings. The SMILES string of the molecule is CC1=C(C(=O)OCCOc2ccccc2)[C@H](c2ccccc2F)C2=C(CC(C)(C)CC2=O)N1. The Hall–Kier alpha value is -3.41. The van der Waals surface area contributed by atoms with Crippen molar-refractivity contribution in [1.29, 1.82) is 0 Å². The van der Waals surface area contributed by atoms with Gasteiger partial charge in [0.15, 0.2) is 5.78 Å². The number of ether oxygens (including phenoxy) is 2. The van der Waals surface area contributed by atoms with E-state index in [9.17, 15) is 14.0 Å². The number of rotatable bonds is 6. The van der Waals surface area contributed by atoms with Crippen molar-refractivity contribution in [2.24, 2.45) is 5.41 Å². The molecule has 1 atom stereocenters. The van der Waals surface area contributed by atoms with Crippen LogP contribution in [0.3, 0.4) is 0 Å². The number of para-hydroxylation sites is 1. The molecule has 0 radical (unpaired) electrons. The Morgan fingerprint density at radius 2 is 1.76 bits per heavy atom. The molecule has 2 aliphatic rings. The lowest BCUT2D eigenvalue weighted by Crippen LogP contribution is -2.39. The molecule has 0 bridgehead atoms. The van der Waals surface area contributed by atoms with E-state index in [2.05, 4.69) is 5.32 Å². The molecule has 1 heterocycles. The molecule has 1 N–H and O–H groups in total. The second-order valence-corrected chi connectivity index (χ2v) is 9.25. The number of carbonyl (C=O) groups excluding carboxylic acids is 2. The van der Waals surface area contributed by atoms with E-state index in [0.29, 0.717) is 35.4 Å². The molecule has 0 amide bonds. The van der Waals surface area contributed by atoms with Gasteiger partial charge in [0.25, 0.3) is 0 Å². The predicted molar refractivity (Wildman–Crippen MR) is 123 cm³/mol. The summed E-state index contributed by atoms with van der Waals surface area (Å²) in [5, 5.41) is 3.25. The van der Waals surface area contributed by atoms with Crippen LogP contribution in [-0.4, -0.2) is 25.0 Å². The van der Waals surface area contributed by atoms with E-state index in [1.807, 2.05) is 44.2 Å². The Bertz CT molecular complexity index is 1130. The van der Waals surface area contributed by atoms with Gasteiger partial charge in [0.1, 0.15) is 24.8 Å². The zero-order valence-electron chi connectivity index (χ0n) is 19.1. The Balaban J connectivity index is 1.61. The van der Waals surface area contributed by atoms with E-state index in [1.165, 1.54) is 6.07 Å². The summed E-state index contributed by atoms with van der Waals surface area (Å²) in [5.74, 6) is -1.26. The maximum absolute atomic E-state index is 14.9. The highest BCUT2D eigenvalue weighted by Gasteiger charge is 2.43. The van der Waals surface area contributed by atoms with Gasteiger partial charge < -0.3 is 14.8 Å². The van der Waals surface area contributed by atoms with Crippen molar-refractivity contribution in [3.63, 3.8) is 0 Å². The van der Waals surface area contributed by atoms with Gasteiger partial charge in [0.2, 0.25) is 0 Å². The van der Waals surface area contributed by atoms with Gasteiger partial charge in [-0.2, -0.15) is 0 Å². The van der Waals surface area contributed by atoms with E-state index < -0.39 is 17.7 Å². The zero-order chi connectivity index (χ0) is 23.6. The summed E-state index contributed by atoms with van der Waals surface area (Å²) in [6.07, 6.45) is 0.981. The molecule has 2 aromatic carbocycles. The summed E-state index contributed by atoms with van der Waals surface area (Å²) < 4.78 is 26.0. The molecule has 6 heteroatoms. The topological polar surface area (TPSA) is 64.6 Å². The zero-order valence-corrected chi connectivity index (χ0v) is 19.1. The molecule has 0 saturated carbocycles. The summed E-state index contributed by atoms with van der Waals surface area (Å²) >= 11 is 0. The molecule has 33 heavy (non-hydrogen) atoms. The number of ketones is 1. The molecular weight excluding hydrogens is 421 g/mol. The third-order valence-corrected chi connectivity index (χ3v) is 6.00. The Kier molecular flexibility index (Phi) is 6.36. The standard InChI is InChI=1S/C27H28FNO4/c1-17-23(26(31)33-14-13-32-18-9-5-4-6-10-18)24(19-11-7-8-12-20(19)28)25-21(29-17)15-27(2,3)16-22(25)30/h4-12,24,29H,13-16H2,1-3H3/t24-/m0/s1. The average molecular weight is 450 g/mol. The lowest BCUT2D eigenvalue weighted by molar-refractivity contribution is -0.140. The highest BCUT2D eigenvalue weighted by atomic mass is 19.1. The first-order valence-corrected chi connectivity index (χ1v) is 11.1. The summed E-state index contributed by atoms with van der Waals surface area (Å²) in [6, 6.07) is 15.5. The molecule has 4 rings (SSSR count). The first-order chi connectivity index (χ1) is 15.8. The quantitative estimate of drug-likeness (QED) is 0.494. The van der Waals surface area contributed by atoms with Crippen molar-refractivity contribution in [2.45, 2.75) is 39.5 Å². The van der Waals surface area contributed by atoms with Gasteiger partial charge in [-0.05, 0) is 37.0 Å². The minimum atomic E-state index is -0.811. The van der Waals surface area contributed by atoms with Crippen LogP contribution in [0.25, 0.3) is 0 Å². The van der Waals surface area contributed by atoms with Gasteiger partial charge in [-0.1, -0.05) is 50.2 Å². The molecule has 1 aliphatic carbocycles. The van der Waals surface area contributed by atoms with Crippen LogP contribution < -0.4 is 10.1 Å². The number of allylic oxidation sites excluding steroid dienone is 3. The van der Waals surface area contributed by atoms with E-state index >= 15 is 0 Å². The first kappa shape index (κ1) is 22.8. The van der Waals surface area contributed by atoms with Crippen molar-refractivity contribution in [3.05, 3.63) is 88.5 Å².